The molecule has 0 amide bonds. The number of nitrogen functional groups attached to an aromatic ring is 1. The lowest BCUT2D eigenvalue weighted by Crippen LogP contribution is -2.05. The highest BCUT2D eigenvalue weighted by Gasteiger charge is 2.19. The van der Waals surface area contributed by atoms with Gasteiger partial charge in [0.15, 0.2) is 23.1 Å². The van der Waals surface area contributed by atoms with E-state index in [1.54, 1.807) is 39.9 Å². The van der Waals surface area contributed by atoms with Crippen molar-refractivity contribution < 1.29 is 14.2 Å². The quantitative estimate of drug-likeness (QED) is 0.520. The molecule has 154 valence electrons. The molecule has 0 unspecified atom stereocenters. The van der Waals surface area contributed by atoms with Crippen molar-refractivity contribution in [2.45, 2.75) is 13.5 Å². The fourth-order valence-electron chi connectivity index (χ4n) is 3.41. The molecule has 30 heavy (non-hydrogen) atoms. The maximum absolute atomic E-state index is 6.19. The fraction of sp³-hybridized carbons (Fsp3) is 0.238. The second kappa shape index (κ2) is 7.86. The number of imidazole rings is 1. The van der Waals surface area contributed by atoms with Gasteiger partial charge in [-0.2, -0.15) is 0 Å². The van der Waals surface area contributed by atoms with Crippen LogP contribution in [0.1, 0.15) is 6.92 Å². The van der Waals surface area contributed by atoms with E-state index in [4.69, 9.17) is 29.9 Å². The number of hydrogen-bond acceptors (Lipinski definition) is 8. The summed E-state index contributed by atoms with van der Waals surface area (Å²) in [5, 5.41) is 0. The molecule has 0 aliphatic carbocycles. The molecular weight excluding hydrogens is 384 g/mol. The van der Waals surface area contributed by atoms with Gasteiger partial charge in [-0.05, 0) is 25.1 Å². The first-order valence-corrected chi connectivity index (χ1v) is 9.34. The van der Waals surface area contributed by atoms with E-state index in [2.05, 4.69) is 9.97 Å². The number of methoxy groups -OCH3 is 3. The third kappa shape index (κ3) is 3.14. The molecule has 9 heteroatoms. The predicted molar refractivity (Wildman–Crippen MR) is 114 cm³/mol. The van der Waals surface area contributed by atoms with Crippen LogP contribution in [0.3, 0.4) is 0 Å². The molecule has 0 aliphatic rings. The minimum Gasteiger partial charge on any atom is -0.493 e. The number of aryl methyl sites for hydroxylation is 1. The van der Waals surface area contributed by atoms with E-state index in [1.165, 1.54) is 0 Å². The van der Waals surface area contributed by atoms with E-state index in [1.807, 2.05) is 29.7 Å². The number of anilines is 1. The molecule has 0 bridgehead atoms. The van der Waals surface area contributed by atoms with Gasteiger partial charge in [-0.1, -0.05) is 0 Å². The number of pyridine rings is 1. The molecule has 0 radical (unpaired) electrons. The maximum Gasteiger partial charge on any atom is 0.203 e. The summed E-state index contributed by atoms with van der Waals surface area (Å²) in [6.07, 6.45) is 5.07. The van der Waals surface area contributed by atoms with Crippen molar-refractivity contribution in [3.05, 3.63) is 36.8 Å². The SMILES string of the molecule is CCn1c(-c2nc(-c3cc(OC)c(OC)c(OC)c3)cnc2N)nc2cnccc21. The second-order valence-corrected chi connectivity index (χ2v) is 6.45. The average Bonchev–Trinajstić information content (AvgIpc) is 3.16. The number of benzene rings is 1. The minimum absolute atomic E-state index is 0.296. The van der Waals surface area contributed by atoms with E-state index < -0.39 is 0 Å². The Labute approximate surface area is 173 Å². The summed E-state index contributed by atoms with van der Waals surface area (Å²) in [5.74, 6) is 2.49. The first-order chi connectivity index (χ1) is 14.6. The Kier molecular flexibility index (Phi) is 5.09. The van der Waals surface area contributed by atoms with Gasteiger partial charge in [0.05, 0.1) is 44.9 Å². The van der Waals surface area contributed by atoms with Crippen LogP contribution >= 0.6 is 0 Å². The summed E-state index contributed by atoms with van der Waals surface area (Å²) >= 11 is 0. The van der Waals surface area contributed by atoms with Crippen molar-refractivity contribution in [1.29, 1.82) is 0 Å². The Morgan fingerprint density at radius 1 is 1.00 bits per heavy atom. The topological polar surface area (TPSA) is 110 Å². The van der Waals surface area contributed by atoms with Gasteiger partial charge < -0.3 is 24.5 Å². The molecule has 1 aromatic carbocycles. The molecule has 0 spiro atoms. The van der Waals surface area contributed by atoms with Crippen LogP contribution in [0.2, 0.25) is 0 Å². The van der Waals surface area contributed by atoms with Gasteiger partial charge >= 0.3 is 0 Å². The van der Waals surface area contributed by atoms with Gasteiger partial charge in [0.1, 0.15) is 11.2 Å². The van der Waals surface area contributed by atoms with Crippen molar-refractivity contribution >= 4 is 16.9 Å². The van der Waals surface area contributed by atoms with E-state index in [-0.39, 0.29) is 0 Å². The van der Waals surface area contributed by atoms with Crippen LogP contribution in [-0.2, 0) is 6.54 Å². The van der Waals surface area contributed by atoms with Crippen LogP contribution in [0.4, 0.5) is 5.82 Å². The van der Waals surface area contributed by atoms with E-state index >= 15 is 0 Å². The first kappa shape index (κ1) is 19.4. The third-order valence-corrected chi connectivity index (χ3v) is 4.84. The molecule has 3 heterocycles. The van der Waals surface area contributed by atoms with Gasteiger partial charge in [-0.3, -0.25) is 4.98 Å². The predicted octanol–water partition coefficient (Wildman–Crippen LogP) is 3.18. The summed E-state index contributed by atoms with van der Waals surface area (Å²) in [6.45, 7) is 2.74. The normalized spacial score (nSPS) is 10.9. The lowest BCUT2D eigenvalue weighted by molar-refractivity contribution is 0.324. The Hall–Kier alpha value is -3.88. The second-order valence-electron chi connectivity index (χ2n) is 6.45. The summed E-state index contributed by atoms with van der Waals surface area (Å²) in [5.41, 5.74) is 9.77. The van der Waals surface area contributed by atoms with Gasteiger partial charge in [-0.15, -0.1) is 0 Å². The highest BCUT2D eigenvalue weighted by Crippen LogP contribution is 2.41. The number of rotatable bonds is 6. The van der Waals surface area contributed by atoms with E-state index in [0.29, 0.717) is 46.8 Å². The third-order valence-electron chi connectivity index (χ3n) is 4.84. The zero-order valence-corrected chi connectivity index (χ0v) is 17.2. The summed E-state index contributed by atoms with van der Waals surface area (Å²) in [7, 11) is 4.70. The summed E-state index contributed by atoms with van der Waals surface area (Å²) < 4.78 is 18.3. The van der Waals surface area contributed by atoms with Crippen molar-refractivity contribution in [2.24, 2.45) is 0 Å². The molecular formula is C21H22N6O3. The Morgan fingerprint density at radius 3 is 2.37 bits per heavy atom. The van der Waals surface area contributed by atoms with Crippen molar-refractivity contribution in [1.82, 2.24) is 24.5 Å². The molecule has 2 N–H and O–H groups in total. The molecule has 0 fully saturated rings. The highest BCUT2D eigenvalue weighted by atomic mass is 16.5. The molecule has 9 nitrogen and oxygen atoms in total. The largest absolute Gasteiger partial charge is 0.493 e. The average molecular weight is 406 g/mol. The number of fused-ring (bicyclic) bond motifs is 1. The minimum atomic E-state index is 0.296. The summed E-state index contributed by atoms with van der Waals surface area (Å²) in [4.78, 5) is 18.0. The standard InChI is InChI=1S/C21H22N6O3/c1-5-27-15-6-7-23-10-14(15)26-21(27)18-20(22)24-11-13(25-18)12-8-16(28-2)19(30-4)17(9-12)29-3/h6-11H,5H2,1-4H3,(H2,22,24). The first-order valence-electron chi connectivity index (χ1n) is 9.34. The van der Waals surface area contributed by atoms with Crippen LogP contribution in [0.25, 0.3) is 33.8 Å². The van der Waals surface area contributed by atoms with Gasteiger partial charge in [-0.25, -0.2) is 15.0 Å². The lowest BCUT2D eigenvalue weighted by atomic mass is 10.1. The molecule has 0 saturated heterocycles. The molecule has 4 rings (SSSR count). The molecule has 0 atom stereocenters. The van der Waals surface area contributed by atoms with Crippen LogP contribution in [0.5, 0.6) is 17.2 Å². The van der Waals surface area contributed by atoms with Gasteiger partial charge in [0, 0.05) is 18.3 Å². The van der Waals surface area contributed by atoms with E-state index in [9.17, 15) is 0 Å². The number of ether oxygens (including phenoxy) is 3. The Bertz CT molecular complexity index is 1200. The molecule has 0 aliphatic heterocycles. The monoisotopic (exact) mass is 406 g/mol. The zero-order chi connectivity index (χ0) is 21.3. The smallest absolute Gasteiger partial charge is 0.203 e. The van der Waals surface area contributed by atoms with E-state index in [0.717, 1.165) is 16.6 Å². The van der Waals surface area contributed by atoms with Crippen molar-refractivity contribution in [3.8, 4) is 40.0 Å². The lowest BCUT2D eigenvalue weighted by Gasteiger charge is -2.14. The Morgan fingerprint density at radius 2 is 1.73 bits per heavy atom. The summed E-state index contributed by atoms with van der Waals surface area (Å²) in [6, 6.07) is 5.55. The van der Waals surface area contributed by atoms with Crippen molar-refractivity contribution in [2.75, 3.05) is 27.1 Å². The Balaban J connectivity index is 1.90. The van der Waals surface area contributed by atoms with Crippen molar-refractivity contribution in [3.63, 3.8) is 0 Å². The van der Waals surface area contributed by atoms with Crippen LogP contribution in [0.15, 0.2) is 36.8 Å². The van der Waals surface area contributed by atoms with Crippen LogP contribution in [0, 0.1) is 0 Å². The van der Waals surface area contributed by atoms with Gasteiger partial charge in [0.2, 0.25) is 5.75 Å². The number of hydrogen-bond donors (Lipinski definition) is 1. The van der Waals surface area contributed by atoms with Crippen LogP contribution < -0.4 is 19.9 Å². The highest BCUT2D eigenvalue weighted by molar-refractivity contribution is 5.81. The molecule has 0 saturated carbocycles. The fourth-order valence-corrected chi connectivity index (χ4v) is 3.41. The molecule has 4 aromatic rings. The maximum atomic E-state index is 6.19. The number of nitrogens with two attached hydrogens (primary N) is 1. The number of nitrogens with zero attached hydrogens (tertiary/aromatic N) is 5. The van der Waals surface area contributed by atoms with Gasteiger partial charge in [0.25, 0.3) is 0 Å². The zero-order valence-electron chi connectivity index (χ0n) is 17.2. The number of aromatic nitrogens is 5. The van der Waals surface area contributed by atoms with Crippen LogP contribution in [-0.4, -0.2) is 45.8 Å². The molecule has 3 aromatic heterocycles.